The van der Waals surface area contributed by atoms with Crippen LogP contribution in [0.25, 0.3) is 0 Å². The second kappa shape index (κ2) is 8.80. The van der Waals surface area contributed by atoms with Gasteiger partial charge in [-0.15, -0.1) is 0 Å². The number of hydrogen-bond acceptors (Lipinski definition) is 4. The summed E-state index contributed by atoms with van der Waals surface area (Å²) < 4.78 is 7.50. The lowest BCUT2D eigenvalue weighted by Crippen LogP contribution is -2.36. The van der Waals surface area contributed by atoms with Crippen LogP contribution < -0.4 is 5.32 Å². The molecule has 3 aromatic rings. The van der Waals surface area contributed by atoms with E-state index in [1.54, 1.807) is 18.7 Å². The van der Waals surface area contributed by atoms with Gasteiger partial charge in [0, 0.05) is 50.1 Å². The molecule has 1 fully saturated rings. The Morgan fingerprint density at radius 3 is 2.64 bits per heavy atom. The van der Waals surface area contributed by atoms with Crippen molar-refractivity contribution in [2.75, 3.05) is 13.2 Å². The number of carbonyl (C=O) groups is 1. The summed E-state index contributed by atoms with van der Waals surface area (Å²) in [6.45, 7) is 2.21. The van der Waals surface area contributed by atoms with Crippen molar-refractivity contribution in [2.45, 2.75) is 25.4 Å². The number of imidazole rings is 1. The van der Waals surface area contributed by atoms with Crippen LogP contribution in [0, 0.1) is 5.92 Å². The van der Waals surface area contributed by atoms with E-state index in [4.69, 9.17) is 4.74 Å². The van der Waals surface area contributed by atoms with E-state index in [1.165, 1.54) is 0 Å². The van der Waals surface area contributed by atoms with Gasteiger partial charge >= 0.3 is 0 Å². The lowest BCUT2D eigenvalue weighted by atomic mass is 9.87. The molecule has 1 N–H and O–H groups in total. The third-order valence-electron chi connectivity index (χ3n) is 5.21. The van der Waals surface area contributed by atoms with Gasteiger partial charge in [0.1, 0.15) is 0 Å². The average molecular weight is 376 g/mol. The molecule has 6 heteroatoms. The molecule has 1 aliphatic heterocycles. The van der Waals surface area contributed by atoms with Crippen LogP contribution in [0.5, 0.6) is 0 Å². The van der Waals surface area contributed by atoms with Crippen molar-refractivity contribution in [3.05, 3.63) is 84.2 Å². The van der Waals surface area contributed by atoms with E-state index in [1.807, 2.05) is 53.4 Å². The van der Waals surface area contributed by atoms with Gasteiger partial charge in [0.05, 0.1) is 12.4 Å². The molecule has 0 bridgehead atoms. The molecule has 6 nitrogen and oxygen atoms in total. The highest BCUT2D eigenvalue weighted by Crippen LogP contribution is 2.30. The van der Waals surface area contributed by atoms with Gasteiger partial charge < -0.3 is 14.6 Å². The molecule has 2 aromatic heterocycles. The Balaban J connectivity index is 1.47. The van der Waals surface area contributed by atoms with Crippen molar-refractivity contribution in [3.8, 4) is 0 Å². The predicted molar refractivity (Wildman–Crippen MR) is 106 cm³/mol. The Bertz CT molecular complexity index is 873. The quantitative estimate of drug-likeness (QED) is 0.717. The Labute approximate surface area is 164 Å². The molecule has 1 saturated heterocycles. The standard InChI is InChI=1S/C22H24N4O2/c27-22(19-5-3-17(4-6-19)15-26-11-10-24-16-26)25-21(18-7-12-28-13-8-18)20-2-1-9-23-14-20/h1-6,9-11,14,16,18,21H,7-8,12-13,15H2,(H,25,27). The second-order valence-electron chi connectivity index (χ2n) is 7.12. The zero-order valence-corrected chi connectivity index (χ0v) is 15.7. The van der Waals surface area contributed by atoms with Gasteiger partial charge in [0.25, 0.3) is 5.91 Å². The molecule has 0 radical (unpaired) electrons. The van der Waals surface area contributed by atoms with Crippen LogP contribution in [-0.4, -0.2) is 33.7 Å². The first-order valence-electron chi connectivity index (χ1n) is 9.63. The first-order chi connectivity index (χ1) is 13.8. The minimum atomic E-state index is -0.0606. The second-order valence-corrected chi connectivity index (χ2v) is 7.12. The Morgan fingerprint density at radius 2 is 1.96 bits per heavy atom. The summed E-state index contributed by atoms with van der Waals surface area (Å²) in [4.78, 5) is 21.2. The summed E-state index contributed by atoms with van der Waals surface area (Å²) >= 11 is 0. The number of rotatable bonds is 6. The molecular weight excluding hydrogens is 352 g/mol. The summed E-state index contributed by atoms with van der Waals surface area (Å²) in [5.41, 5.74) is 2.83. The van der Waals surface area contributed by atoms with Crippen LogP contribution in [0.2, 0.25) is 0 Å². The summed E-state index contributed by atoms with van der Waals surface area (Å²) in [5, 5.41) is 3.23. The minimum absolute atomic E-state index is 0.0595. The molecule has 1 aromatic carbocycles. The van der Waals surface area contributed by atoms with Gasteiger partial charge in [-0.25, -0.2) is 4.98 Å². The van der Waals surface area contributed by atoms with Gasteiger partial charge in [-0.1, -0.05) is 18.2 Å². The number of ether oxygens (including phenoxy) is 1. The molecule has 0 saturated carbocycles. The van der Waals surface area contributed by atoms with E-state index in [2.05, 4.69) is 15.3 Å². The molecule has 0 spiro atoms. The van der Waals surface area contributed by atoms with Crippen LogP contribution in [0.1, 0.15) is 40.4 Å². The van der Waals surface area contributed by atoms with Gasteiger partial charge in [-0.2, -0.15) is 0 Å². The maximum Gasteiger partial charge on any atom is 0.251 e. The fraction of sp³-hybridized carbons (Fsp3) is 0.318. The van der Waals surface area contributed by atoms with Crippen molar-refractivity contribution >= 4 is 5.91 Å². The molecule has 1 amide bonds. The van der Waals surface area contributed by atoms with E-state index < -0.39 is 0 Å². The highest BCUT2D eigenvalue weighted by atomic mass is 16.5. The maximum atomic E-state index is 12.9. The van der Waals surface area contributed by atoms with Crippen LogP contribution in [-0.2, 0) is 11.3 Å². The van der Waals surface area contributed by atoms with E-state index >= 15 is 0 Å². The predicted octanol–water partition coefficient (Wildman–Crippen LogP) is 3.22. The largest absolute Gasteiger partial charge is 0.381 e. The fourth-order valence-electron chi connectivity index (χ4n) is 3.66. The van der Waals surface area contributed by atoms with Crippen LogP contribution >= 0.6 is 0 Å². The van der Waals surface area contributed by atoms with Crippen molar-refractivity contribution in [3.63, 3.8) is 0 Å². The fourth-order valence-corrected chi connectivity index (χ4v) is 3.66. The summed E-state index contributed by atoms with van der Waals surface area (Å²) in [5.74, 6) is 0.289. The minimum Gasteiger partial charge on any atom is -0.381 e. The SMILES string of the molecule is O=C(NC(c1cccnc1)C1CCOCC1)c1ccc(Cn2ccnc2)cc1. The van der Waals surface area contributed by atoms with Gasteiger partial charge in [-0.05, 0) is 48.1 Å². The van der Waals surface area contributed by atoms with E-state index in [-0.39, 0.29) is 11.9 Å². The van der Waals surface area contributed by atoms with Crippen molar-refractivity contribution in [1.29, 1.82) is 0 Å². The Morgan fingerprint density at radius 1 is 1.14 bits per heavy atom. The van der Waals surface area contributed by atoms with Crippen molar-refractivity contribution in [2.24, 2.45) is 5.92 Å². The molecule has 144 valence electrons. The summed E-state index contributed by atoms with van der Waals surface area (Å²) in [7, 11) is 0. The van der Waals surface area contributed by atoms with Crippen LogP contribution in [0.4, 0.5) is 0 Å². The lowest BCUT2D eigenvalue weighted by Gasteiger charge is -2.31. The number of pyridine rings is 1. The van der Waals surface area contributed by atoms with E-state index in [0.29, 0.717) is 11.5 Å². The first-order valence-corrected chi connectivity index (χ1v) is 9.63. The Kier molecular flexibility index (Phi) is 5.77. The van der Waals surface area contributed by atoms with Crippen molar-refractivity contribution in [1.82, 2.24) is 19.9 Å². The molecule has 4 rings (SSSR count). The molecule has 1 aliphatic rings. The van der Waals surface area contributed by atoms with Crippen LogP contribution in [0.3, 0.4) is 0 Å². The monoisotopic (exact) mass is 376 g/mol. The highest BCUT2D eigenvalue weighted by molar-refractivity contribution is 5.94. The lowest BCUT2D eigenvalue weighted by molar-refractivity contribution is 0.0513. The molecular formula is C22H24N4O2. The Hall–Kier alpha value is -2.99. The number of amides is 1. The third kappa shape index (κ3) is 4.46. The van der Waals surface area contributed by atoms with Crippen molar-refractivity contribution < 1.29 is 9.53 Å². The number of carbonyl (C=O) groups excluding carboxylic acids is 1. The molecule has 0 aliphatic carbocycles. The number of benzene rings is 1. The van der Waals surface area contributed by atoms with Crippen LogP contribution in [0.15, 0.2) is 67.5 Å². The normalized spacial score (nSPS) is 15.9. The zero-order chi connectivity index (χ0) is 19.2. The summed E-state index contributed by atoms with van der Waals surface area (Å²) in [6.07, 6.45) is 10.9. The van der Waals surface area contributed by atoms with Gasteiger partial charge in [-0.3, -0.25) is 9.78 Å². The van der Waals surface area contributed by atoms with Gasteiger partial charge in [0.2, 0.25) is 0 Å². The number of nitrogens with zero attached hydrogens (tertiary/aromatic N) is 3. The molecule has 1 unspecified atom stereocenters. The van der Waals surface area contributed by atoms with E-state index in [9.17, 15) is 4.79 Å². The smallest absolute Gasteiger partial charge is 0.251 e. The van der Waals surface area contributed by atoms with Gasteiger partial charge in [0.15, 0.2) is 0 Å². The number of aromatic nitrogens is 3. The van der Waals surface area contributed by atoms with E-state index in [0.717, 1.165) is 43.7 Å². The molecule has 3 heterocycles. The summed E-state index contributed by atoms with van der Waals surface area (Å²) in [6, 6.07) is 11.6. The number of nitrogens with one attached hydrogen (secondary N) is 1. The highest BCUT2D eigenvalue weighted by Gasteiger charge is 2.27. The maximum absolute atomic E-state index is 12.9. The molecule has 1 atom stereocenters. The zero-order valence-electron chi connectivity index (χ0n) is 15.7. The molecule has 28 heavy (non-hydrogen) atoms. The first kappa shape index (κ1) is 18.4. The average Bonchev–Trinajstić information content (AvgIpc) is 3.27. The third-order valence-corrected chi connectivity index (χ3v) is 5.21. The number of hydrogen-bond donors (Lipinski definition) is 1. The topological polar surface area (TPSA) is 69.0 Å².